The molecule has 0 bridgehead atoms. The molecule has 0 aliphatic heterocycles. The lowest BCUT2D eigenvalue weighted by molar-refractivity contribution is 0.102. The molecule has 0 unspecified atom stereocenters. The maximum absolute atomic E-state index is 12.2. The van der Waals surface area contributed by atoms with Gasteiger partial charge in [0.05, 0.1) is 22.9 Å². The Morgan fingerprint density at radius 2 is 1.80 bits per heavy atom. The van der Waals surface area contributed by atoms with E-state index < -0.39 is 0 Å². The molecule has 100 valence electrons. The SMILES string of the molecule is N#Cc1ccc(NC(=O)c2cc(Br)ccc2Br)c(Br)c1. The lowest BCUT2D eigenvalue weighted by Crippen LogP contribution is -2.13. The van der Waals surface area contributed by atoms with Crippen molar-refractivity contribution < 1.29 is 4.79 Å². The van der Waals surface area contributed by atoms with E-state index in [1.807, 2.05) is 12.1 Å². The molecule has 3 nitrogen and oxygen atoms in total. The molecule has 0 aliphatic rings. The molecule has 2 rings (SSSR count). The van der Waals surface area contributed by atoms with Gasteiger partial charge in [-0.3, -0.25) is 4.79 Å². The third-order valence-corrected chi connectivity index (χ3v) is 4.36. The number of carbonyl (C=O) groups excluding carboxylic acids is 1. The molecular formula is C14H7Br3N2O. The van der Waals surface area contributed by atoms with Gasteiger partial charge in [0.15, 0.2) is 0 Å². The first-order valence-corrected chi connectivity index (χ1v) is 7.85. The molecule has 2 aromatic carbocycles. The molecule has 20 heavy (non-hydrogen) atoms. The number of carbonyl (C=O) groups is 1. The molecule has 0 saturated carbocycles. The Balaban J connectivity index is 2.28. The van der Waals surface area contributed by atoms with E-state index in [-0.39, 0.29) is 5.91 Å². The van der Waals surface area contributed by atoms with Crippen LogP contribution in [0.4, 0.5) is 5.69 Å². The van der Waals surface area contributed by atoms with E-state index in [4.69, 9.17) is 5.26 Å². The van der Waals surface area contributed by atoms with Crippen molar-refractivity contribution in [1.82, 2.24) is 0 Å². The van der Waals surface area contributed by atoms with Crippen LogP contribution >= 0.6 is 47.8 Å². The first kappa shape index (κ1) is 15.2. The Morgan fingerprint density at radius 1 is 1.05 bits per heavy atom. The average Bonchev–Trinajstić information content (AvgIpc) is 2.43. The second kappa shape index (κ2) is 6.53. The van der Waals surface area contributed by atoms with Gasteiger partial charge in [-0.2, -0.15) is 5.26 Å². The Morgan fingerprint density at radius 3 is 2.45 bits per heavy atom. The zero-order valence-corrected chi connectivity index (χ0v) is 14.7. The van der Waals surface area contributed by atoms with Crippen LogP contribution in [0, 0.1) is 11.3 Å². The van der Waals surface area contributed by atoms with E-state index in [0.29, 0.717) is 25.8 Å². The van der Waals surface area contributed by atoms with Gasteiger partial charge < -0.3 is 5.32 Å². The van der Waals surface area contributed by atoms with E-state index in [1.54, 1.807) is 30.3 Å². The average molecular weight is 459 g/mol. The molecule has 0 spiro atoms. The highest BCUT2D eigenvalue weighted by Crippen LogP contribution is 2.26. The minimum atomic E-state index is -0.233. The molecular weight excluding hydrogens is 452 g/mol. The molecule has 0 saturated heterocycles. The van der Waals surface area contributed by atoms with E-state index >= 15 is 0 Å². The van der Waals surface area contributed by atoms with Crippen molar-refractivity contribution >= 4 is 59.4 Å². The maximum atomic E-state index is 12.2. The fourth-order valence-electron chi connectivity index (χ4n) is 1.55. The predicted molar refractivity (Wildman–Crippen MR) is 88.7 cm³/mol. The first-order chi connectivity index (χ1) is 9.51. The van der Waals surface area contributed by atoms with Gasteiger partial charge in [0.1, 0.15) is 0 Å². The lowest BCUT2D eigenvalue weighted by Gasteiger charge is -2.09. The molecule has 0 aliphatic carbocycles. The number of benzene rings is 2. The number of nitrogens with one attached hydrogen (secondary N) is 1. The highest BCUT2D eigenvalue weighted by Gasteiger charge is 2.12. The van der Waals surface area contributed by atoms with Gasteiger partial charge in [-0.05, 0) is 68.3 Å². The highest BCUT2D eigenvalue weighted by atomic mass is 79.9. The van der Waals surface area contributed by atoms with Crippen LogP contribution in [0.5, 0.6) is 0 Å². The predicted octanol–water partition coefficient (Wildman–Crippen LogP) is 5.10. The summed E-state index contributed by atoms with van der Waals surface area (Å²) < 4.78 is 2.20. The third-order valence-electron chi connectivity index (χ3n) is 2.52. The summed E-state index contributed by atoms with van der Waals surface area (Å²) >= 11 is 10.0. The summed E-state index contributed by atoms with van der Waals surface area (Å²) in [5.41, 5.74) is 1.66. The molecule has 2 aromatic rings. The largest absolute Gasteiger partial charge is 0.321 e. The van der Waals surface area contributed by atoms with Gasteiger partial charge in [0.2, 0.25) is 0 Å². The second-order valence-electron chi connectivity index (χ2n) is 3.88. The summed E-state index contributed by atoms with van der Waals surface area (Å²) in [6.07, 6.45) is 0. The standard InChI is InChI=1S/C14H7Br3N2O/c15-9-2-3-11(16)10(6-9)14(20)19-13-4-1-8(7-18)5-12(13)17/h1-6H,(H,19,20). The van der Waals surface area contributed by atoms with Crippen LogP contribution in [0.2, 0.25) is 0 Å². The first-order valence-electron chi connectivity index (χ1n) is 5.47. The van der Waals surface area contributed by atoms with Gasteiger partial charge in [-0.15, -0.1) is 0 Å². The summed E-state index contributed by atoms with van der Waals surface area (Å²) in [4.78, 5) is 12.2. The normalized spacial score (nSPS) is 9.90. The van der Waals surface area contributed by atoms with Crippen molar-refractivity contribution in [3.8, 4) is 6.07 Å². The number of amides is 1. The van der Waals surface area contributed by atoms with Crippen molar-refractivity contribution in [3.05, 3.63) is 60.9 Å². The fraction of sp³-hybridized carbons (Fsp3) is 0. The second-order valence-corrected chi connectivity index (χ2v) is 6.51. The van der Waals surface area contributed by atoms with Gasteiger partial charge in [-0.25, -0.2) is 0 Å². The molecule has 1 N–H and O–H groups in total. The summed E-state index contributed by atoms with van der Waals surface area (Å²) in [6.45, 7) is 0. The van der Waals surface area contributed by atoms with Gasteiger partial charge in [0, 0.05) is 13.4 Å². The topological polar surface area (TPSA) is 52.9 Å². The molecule has 1 amide bonds. The Bertz CT molecular complexity index is 723. The van der Waals surface area contributed by atoms with Crippen molar-refractivity contribution in [2.75, 3.05) is 5.32 Å². The Labute approximate surface area is 141 Å². The van der Waals surface area contributed by atoms with Crippen LogP contribution in [0.25, 0.3) is 0 Å². The minimum absolute atomic E-state index is 0.233. The van der Waals surface area contributed by atoms with Crippen LogP contribution in [0.3, 0.4) is 0 Å². The van der Waals surface area contributed by atoms with Crippen molar-refractivity contribution in [1.29, 1.82) is 5.26 Å². The van der Waals surface area contributed by atoms with E-state index in [2.05, 4.69) is 53.1 Å². The number of halogens is 3. The zero-order valence-electron chi connectivity index (χ0n) is 9.95. The van der Waals surface area contributed by atoms with Crippen LogP contribution < -0.4 is 5.32 Å². The van der Waals surface area contributed by atoms with Crippen LogP contribution in [-0.2, 0) is 0 Å². The molecule has 0 radical (unpaired) electrons. The van der Waals surface area contributed by atoms with Crippen LogP contribution in [-0.4, -0.2) is 5.91 Å². The zero-order chi connectivity index (χ0) is 14.7. The molecule has 6 heteroatoms. The minimum Gasteiger partial charge on any atom is -0.321 e. The monoisotopic (exact) mass is 456 g/mol. The Kier molecular flexibility index (Phi) is 4.97. The number of rotatable bonds is 2. The summed E-state index contributed by atoms with van der Waals surface area (Å²) in [5.74, 6) is -0.233. The fourth-order valence-corrected chi connectivity index (χ4v) is 2.81. The van der Waals surface area contributed by atoms with E-state index in [1.165, 1.54) is 0 Å². The van der Waals surface area contributed by atoms with Crippen molar-refractivity contribution in [3.63, 3.8) is 0 Å². The third kappa shape index (κ3) is 3.48. The van der Waals surface area contributed by atoms with Gasteiger partial charge in [-0.1, -0.05) is 15.9 Å². The lowest BCUT2D eigenvalue weighted by atomic mass is 10.2. The molecule has 0 aromatic heterocycles. The number of hydrogen-bond acceptors (Lipinski definition) is 2. The van der Waals surface area contributed by atoms with Gasteiger partial charge in [0.25, 0.3) is 5.91 Å². The molecule has 0 fully saturated rings. The molecule has 0 heterocycles. The number of hydrogen-bond donors (Lipinski definition) is 1. The van der Waals surface area contributed by atoms with E-state index in [0.717, 1.165) is 4.47 Å². The van der Waals surface area contributed by atoms with Gasteiger partial charge >= 0.3 is 0 Å². The van der Waals surface area contributed by atoms with Crippen molar-refractivity contribution in [2.45, 2.75) is 0 Å². The van der Waals surface area contributed by atoms with Crippen LogP contribution in [0.1, 0.15) is 15.9 Å². The number of nitriles is 1. The summed E-state index contributed by atoms with van der Waals surface area (Å²) in [7, 11) is 0. The summed E-state index contributed by atoms with van der Waals surface area (Å²) in [6, 6.07) is 12.4. The number of anilines is 1. The maximum Gasteiger partial charge on any atom is 0.256 e. The summed E-state index contributed by atoms with van der Waals surface area (Å²) in [5, 5.41) is 11.6. The quantitative estimate of drug-likeness (QED) is 0.680. The number of nitrogens with zero attached hydrogens (tertiary/aromatic N) is 1. The van der Waals surface area contributed by atoms with Crippen molar-refractivity contribution in [2.24, 2.45) is 0 Å². The van der Waals surface area contributed by atoms with E-state index in [9.17, 15) is 4.79 Å². The highest BCUT2D eigenvalue weighted by molar-refractivity contribution is 9.11. The smallest absolute Gasteiger partial charge is 0.256 e. The Hall–Kier alpha value is -1.16. The van der Waals surface area contributed by atoms with Crippen LogP contribution in [0.15, 0.2) is 49.8 Å². The molecule has 0 atom stereocenters.